The Morgan fingerprint density at radius 3 is 2.54 bits per heavy atom. The van der Waals surface area contributed by atoms with Crippen LogP contribution in [0.4, 0.5) is 0 Å². The Bertz CT molecular complexity index is 662. The van der Waals surface area contributed by atoms with Crippen LogP contribution in [0.15, 0.2) is 36.9 Å². The van der Waals surface area contributed by atoms with Crippen molar-refractivity contribution in [3.8, 4) is 5.75 Å². The fourth-order valence-corrected chi connectivity index (χ4v) is 2.56. The molecule has 0 N–H and O–H groups in total. The molecule has 24 heavy (non-hydrogen) atoms. The Morgan fingerprint density at radius 2 is 2.04 bits per heavy atom. The minimum atomic E-state index is -0.676. The van der Waals surface area contributed by atoms with Crippen LogP contribution in [0.25, 0.3) is 0 Å². The van der Waals surface area contributed by atoms with Gasteiger partial charge in [-0.2, -0.15) is 5.10 Å². The second-order valence-corrected chi connectivity index (χ2v) is 6.99. The second kappa shape index (κ2) is 7.98. The minimum Gasteiger partial charge on any atom is -0.465 e. The van der Waals surface area contributed by atoms with Gasteiger partial charge in [0.1, 0.15) is 18.4 Å². The SMILES string of the molecule is CC(=O)OC(C(Oc1ccc(Cl)cc1)n1cncn1)C(C)(C)CBr. The molecule has 2 atom stereocenters. The summed E-state index contributed by atoms with van der Waals surface area (Å²) in [6.07, 6.45) is 1.67. The van der Waals surface area contributed by atoms with Gasteiger partial charge in [0.05, 0.1) is 0 Å². The first-order valence-corrected chi connectivity index (χ1v) is 8.83. The molecule has 0 aliphatic carbocycles. The van der Waals surface area contributed by atoms with Gasteiger partial charge in [0.15, 0.2) is 6.10 Å². The normalized spacial score (nSPS) is 14.0. The van der Waals surface area contributed by atoms with Crippen molar-refractivity contribution in [3.63, 3.8) is 0 Å². The lowest BCUT2D eigenvalue weighted by Crippen LogP contribution is -2.44. The van der Waals surface area contributed by atoms with E-state index in [-0.39, 0.29) is 5.97 Å². The zero-order chi connectivity index (χ0) is 17.7. The average Bonchev–Trinajstić information content (AvgIpc) is 3.06. The van der Waals surface area contributed by atoms with Crippen LogP contribution < -0.4 is 4.74 Å². The summed E-state index contributed by atoms with van der Waals surface area (Å²) in [6, 6.07) is 6.95. The molecule has 1 aromatic carbocycles. The predicted octanol–water partition coefficient (Wildman–Crippen LogP) is 3.86. The summed E-state index contributed by atoms with van der Waals surface area (Å²) in [5, 5.41) is 5.37. The van der Waals surface area contributed by atoms with E-state index in [1.54, 1.807) is 24.3 Å². The molecule has 1 heterocycles. The number of rotatable bonds is 7. The molecule has 0 spiro atoms. The van der Waals surface area contributed by atoms with E-state index in [1.165, 1.54) is 24.3 Å². The number of hydrogen-bond donors (Lipinski definition) is 0. The molecule has 0 aliphatic heterocycles. The molecule has 0 amide bonds. The fraction of sp³-hybridized carbons (Fsp3) is 0.438. The van der Waals surface area contributed by atoms with E-state index < -0.39 is 17.7 Å². The Kier molecular flexibility index (Phi) is 6.23. The number of esters is 1. The number of carbonyl (C=O) groups excluding carboxylic acids is 1. The van der Waals surface area contributed by atoms with Crippen molar-refractivity contribution in [1.29, 1.82) is 0 Å². The molecule has 0 saturated carbocycles. The van der Waals surface area contributed by atoms with Gasteiger partial charge in [-0.25, -0.2) is 9.67 Å². The minimum absolute atomic E-state index is 0.390. The zero-order valence-corrected chi connectivity index (χ0v) is 16.0. The van der Waals surface area contributed by atoms with E-state index in [2.05, 4.69) is 26.0 Å². The van der Waals surface area contributed by atoms with Crippen molar-refractivity contribution in [2.24, 2.45) is 5.41 Å². The number of nitrogens with zero attached hydrogens (tertiary/aromatic N) is 3. The summed E-state index contributed by atoms with van der Waals surface area (Å²) >= 11 is 9.39. The maximum atomic E-state index is 11.6. The number of aromatic nitrogens is 3. The highest BCUT2D eigenvalue weighted by molar-refractivity contribution is 9.09. The quantitative estimate of drug-likeness (QED) is 0.506. The molecule has 2 aromatic rings. The number of carbonyl (C=O) groups is 1. The van der Waals surface area contributed by atoms with E-state index >= 15 is 0 Å². The molecule has 6 nitrogen and oxygen atoms in total. The number of alkyl halides is 1. The van der Waals surface area contributed by atoms with Gasteiger partial charge in [0, 0.05) is 22.7 Å². The van der Waals surface area contributed by atoms with Gasteiger partial charge in [-0.15, -0.1) is 0 Å². The van der Waals surface area contributed by atoms with Crippen molar-refractivity contribution in [3.05, 3.63) is 41.9 Å². The molecular formula is C16H19BrClN3O3. The van der Waals surface area contributed by atoms with Crippen LogP contribution in [-0.2, 0) is 9.53 Å². The van der Waals surface area contributed by atoms with E-state index in [9.17, 15) is 4.79 Å². The van der Waals surface area contributed by atoms with Gasteiger partial charge in [-0.05, 0) is 24.3 Å². The van der Waals surface area contributed by atoms with Crippen molar-refractivity contribution >= 4 is 33.5 Å². The second-order valence-electron chi connectivity index (χ2n) is 5.99. The van der Waals surface area contributed by atoms with Crippen molar-refractivity contribution in [2.45, 2.75) is 33.1 Å². The van der Waals surface area contributed by atoms with Crippen LogP contribution in [0.5, 0.6) is 5.75 Å². The highest BCUT2D eigenvalue weighted by Gasteiger charge is 2.41. The van der Waals surface area contributed by atoms with Gasteiger partial charge in [-0.3, -0.25) is 4.79 Å². The van der Waals surface area contributed by atoms with Crippen molar-refractivity contribution < 1.29 is 14.3 Å². The summed E-state index contributed by atoms with van der Waals surface area (Å²) in [6.45, 7) is 5.33. The lowest BCUT2D eigenvalue weighted by molar-refractivity contribution is -0.165. The van der Waals surface area contributed by atoms with E-state index in [4.69, 9.17) is 21.1 Å². The summed E-state index contributed by atoms with van der Waals surface area (Å²) in [5.74, 6) is 0.196. The number of ether oxygens (including phenoxy) is 2. The molecule has 2 rings (SSSR count). The Balaban J connectivity index is 2.39. The molecule has 0 aliphatic rings. The monoisotopic (exact) mass is 415 g/mol. The van der Waals surface area contributed by atoms with Crippen LogP contribution in [0.2, 0.25) is 5.02 Å². The topological polar surface area (TPSA) is 66.2 Å². The van der Waals surface area contributed by atoms with E-state index in [0.717, 1.165) is 0 Å². The molecule has 0 fully saturated rings. The van der Waals surface area contributed by atoms with E-state index in [0.29, 0.717) is 16.1 Å². The molecule has 130 valence electrons. The van der Waals surface area contributed by atoms with Crippen LogP contribution in [0, 0.1) is 5.41 Å². The summed E-state index contributed by atoms with van der Waals surface area (Å²) in [5.41, 5.74) is -0.408. The van der Waals surface area contributed by atoms with Crippen molar-refractivity contribution in [2.75, 3.05) is 5.33 Å². The largest absolute Gasteiger partial charge is 0.465 e. The maximum Gasteiger partial charge on any atom is 0.303 e. The van der Waals surface area contributed by atoms with Gasteiger partial charge in [0.2, 0.25) is 6.23 Å². The first-order chi connectivity index (χ1) is 11.3. The van der Waals surface area contributed by atoms with Gasteiger partial charge < -0.3 is 9.47 Å². The Labute approximate surface area is 154 Å². The third-order valence-corrected chi connectivity index (χ3v) is 5.13. The number of benzene rings is 1. The van der Waals surface area contributed by atoms with Gasteiger partial charge in [-0.1, -0.05) is 41.4 Å². The van der Waals surface area contributed by atoms with Gasteiger partial charge in [0.25, 0.3) is 0 Å². The third kappa shape index (κ3) is 4.70. The Hall–Kier alpha value is -1.60. The molecule has 2 unspecified atom stereocenters. The average molecular weight is 417 g/mol. The standard InChI is InChI=1S/C16H19BrClN3O3/c1-11(22)23-14(16(2,3)8-17)15(21-10-19-9-20-21)24-13-6-4-12(18)5-7-13/h4-7,9-10,14-15H,8H2,1-3H3. The highest BCUT2D eigenvalue weighted by Crippen LogP contribution is 2.35. The summed E-state index contributed by atoms with van der Waals surface area (Å²) < 4.78 is 13.2. The summed E-state index contributed by atoms with van der Waals surface area (Å²) in [7, 11) is 0. The zero-order valence-electron chi connectivity index (χ0n) is 13.6. The molecule has 8 heteroatoms. The Morgan fingerprint density at radius 1 is 1.38 bits per heavy atom. The third-order valence-electron chi connectivity index (χ3n) is 3.43. The maximum absolute atomic E-state index is 11.6. The number of hydrogen-bond acceptors (Lipinski definition) is 5. The molecular weight excluding hydrogens is 398 g/mol. The van der Waals surface area contributed by atoms with E-state index in [1.807, 2.05) is 13.8 Å². The van der Waals surface area contributed by atoms with Crippen LogP contribution in [0.3, 0.4) is 0 Å². The van der Waals surface area contributed by atoms with Crippen LogP contribution in [0.1, 0.15) is 27.0 Å². The van der Waals surface area contributed by atoms with Crippen molar-refractivity contribution in [1.82, 2.24) is 14.8 Å². The first kappa shape index (κ1) is 18.7. The smallest absolute Gasteiger partial charge is 0.303 e. The summed E-state index contributed by atoms with van der Waals surface area (Å²) in [4.78, 5) is 15.6. The lowest BCUT2D eigenvalue weighted by Gasteiger charge is -2.37. The van der Waals surface area contributed by atoms with Crippen LogP contribution in [-0.4, -0.2) is 32.2 Å². The molecule has 0 bridgehead atoms. The van der Waals surface area contributed by atoms with Gasteiger partial charge >= 0.3 is 5.97 Å². The molecule has 1 aromatic heterocycles. The fourth-order valence-electron chi connectivity index (χ4n) is 2.11. The number of halogens is 2. The lowest BCUT2D eigenvalue weighted by atomic mass is 9.87. The highest BCUT2D eigenvalue weighted by atomic mass is 79.9. The first-order valence-electron chi connectivity index (χ1n) is 7.33. The molecule has 0 radical (unpaired) electrons. The molecule has 0 saturated heterocycles. The predicted molar refractivity (Wildman–Crippen MR) is 94.3 cm³/mol. The van der Waals surface area contributed by atoms with Crippen LogP contribution >= 0.6 is 27.5 Å².